The highest BCUT2D eigenvalue weighted by atomic mass is 127. The summed E-state index contributed by atoms with van der Waals surface area (Å²) in [5, 5.41) is 31.3. The van der Waals surface area contributed by atoms with Crippen molar-refractivity contribution in [2.24, 2.45) is 5.92 Å². The van der Waals surface area contributed by atoms with Gasteiger partial charge in [0.2, 0.25) is 0 Å². The maximum absolute atomic E-state index is 11.1. The maximum Gasteiger partial charge on any atom is 0.0546 e. The Morgan fingerprint density at radius 3 is 2.75 bits per heavy atom. The summed E-state index contributed by atoms with van der Waals surface area (Å²) >= 11 is 1.99. The smallest absolute Gasteiger partial charge is 0.0546 e. The molecule has 1 saturated heterocycles. The van der Waals surface area contributed by atoms with Crippen LogP contribution >= 0.6 is 22.6 Å². The zero-order chi connectivity index (χ0) is 9.30. The molecule has 1 aliphatic rings. The highest BCUT2D eigenvalue weighted by molar-refractivity contribution is 14.1. The van der Waals surface area contributed by atoms with E-state index in [2.05, 4.69) is 0 Å². The van der Waals surface area contributed by atoms with Gasteiger partial charge in [0.25, 0.3) is 0 Å². The van der Waals surface area contributed by atoms with Crippen LogP contribution in [0.1, 0.15) is 13.3 Å². The van der Waals surface area contributed by atoms with E-state index >= 15 is 0 Å². The zero-order valence-electron chi connectivity index (χ0n) is 6.68. The van der Waals surface area contributed by atoms with Crippen LogP contribution in [0, 0.1) is 16.3 Å². The van der Waals surface area contributed by atoms with Crippen molar-refractivity contribution in [1.29, 1.82) is 0 Å². The Bertz CT molecular complexity index is 158. The largest absolute Gasteiger partial charge is 0.784 e. The molecule has 1 aliphatic heterocycles. The van der Waals surface area contributed by atoms with Crippen LogP contribution in [-0.4, -0.2) is 32.1 Å². The van der Waals surface area contributed by atoms with E-state index in [0.29, 0.717) is 13.0 Å². The van der Waals surface area contributed by atoms with Gasteiger partial charge in [0.15, 0.2) is 0 Å². The topological polar surface area (TPSA) is 72.8 Å². The lowest BCUT2D eigenvalue weighted by Crippen LogP contribution is -2.49. The summed E-state index contributed by atoms with van der Waals surface area (Å²) < 4.78 is -0.218. The van der Waals surface area contributed by atoms with Crippen molar-refractivity contribution < 1.29 is 5.21 Å². The molecule has 0 saturated carbocycles. The molecule has 0 aromatic rings. The fourth-order valence-electron chi connectivity index (χ4n) is 1.40. The molecular weight excluding hydrogens is 275 g/mol. The van der Waals surface area contributed by atoms with Crippen LogP contribution in [0.15, 0.2) is 0 Å². The van der Waals surface area contributed by atoms with Gasteiger partial charge in [-0.05, 0) is 18.9 Å². The van der Waals surface area contributed by atoms with Crippen LogP contribution in [0.2, 0.25) is 0 Å². The maximum atomic E-state index is 11.1. The molecule has 1 N–H and O–H groups in total. The Morgan fingerprint density at radius 2 is 2.25 bits per heavy atom. The first-order chi connectivity index (χ1) is 5.54. The molecule has 0 aromatic heterocycles. The van der Waals surface area contributed by atoms with Crippen LogP contribution in [0.3, 0.4) is 0 Å². The predicted molar refractivity (Wildman–Crippen MR) is 52.4 cm³/mol. The SMILES string of the molecule is CC1C(N([O-])O)CCN([O-])C1I. The molecule has 0 aliphatic carbocycles. The van der Waals surface area contributed by atoms with Gasteiger partial charge in [0.1, 0.15) is 0 Å². The number of alkyl halides is 1. The molecule has 6 heteroatoms. The van der Waals surface area contributed by atoms with Crippen molar-refractivity contribution in [2.75, 3.05) is 6.54 Å². The van der Waals surface area contributed by atoms with E-state index in [0.717, 1.165) is 5.06 Å². The van der Waals surface area contributed by atoms with E-state index in [4.69, 9.17) is 5.21 Å². The lowest BCUT2D eigenvalue weighted by atomic mass is 9.96. The molecule has 1 rings (SSSR count). The molecule has 72 valence electrons. The Labute approximate surface area is 84.6 Å². The summed E-state index contributed by atoms with van der Waals surface area (Å²) in [5.74, 6) is -0.0978. The van der Waals surface area contributed by atoms with Gasteiger partial charge < -0.3 is 20.7 Å². The first kappa shape index (κ1) is 10.6. The van der Waals surface area contributed by atoms with Crippen LogP contribution in [0.25, 0.3) is 0 Å². The van der Waals surface area contributed by atoms with Gasteiger partial charge in [-0.1, -0.05) is 29.5 Å². The molecule has 5 nitrogen and oxygen atoms in total. The van der Waals surface area contributed by atoms with Crippen LogP contribution in [0.4, 0.5) is 0 Å². The van der Waals surface area contributed by atoms with E-state index in [1.807, 2.05) is 22.6 Å². The summed E-state index contributed by atoms with van der Waals surface area (Å²) in [4.78, 5) is 0. The average molecular weight is 286 g/mol. The minimum absolute atomic E-state index is 0.0245. The number of hydrogen-bond acceptors (Lipinski definition) is 5. The molecule has 3 unspecified atom stereocenters. The Morgan fingerprint density at radius 1 is 1.67 bits per heavy atom. The lowest BCUT2D eigenvalue weighted by molar-refractivity contribution is -0.109. The van der Waals surface area contributed by atoms with E-state index in [1.165, 1.54) is 0 Å². The van der Waals surface area contributed by atoms with Crippen molar-refractivity contribution in [1.82, 2.24) is 10.3 Å². The number of nitrogens with zero attached hydrogens (tertiary/aromatic N) is 2. The molecule has 0 amide bonds. The number of piperidine rings is 1. The van der Waals surface area contributed by atoms with Crippen molar-refractivity contribution in [2.45, 2.75) is 23.4 Å². The van der Waals surface area contributed by atoms with Gasteiger partial charge in [0, 0.05) is 6.04 Å². The third-order valence-electron chi connectivity index (χ3n) is 2.24. The van der Waals surface area contributed by atoms with Gasteiger partial charge >= 0.3 is 0 Å². The molecule has 3 atom stereocenters. The Kier molecular flexibility index (Phi) is 3.68. The molecule has 12 heavy (non-hydrogen) atoms. The minimum Gasteiger partial charge on any atom is -0.784 e. The van der Waals surface area contributed by atoms with Gasteiger partial charge in [0.05, 0.1) is 4.05 Å². The highest BCUT2D eigenvalue weighted by Gasteiger charge is 2.29. The molecular formula is C6H11IN2O3-2. The summed E-state index contributed by atoms with van der Waals surface area (Å²) in [6, 6.07) is -0.433. The fourth-order valence-corrected chi connectivity index (χ4v) is 2.16. The van der Waals surface area contributed by atoms with Gasteiger partial charge in [-0.2, -0.15) is 0 Å². The predicted octanol–water partition coefficient (Wildman–Crippen LogP) is 1.14. The second-order valence-electron chi connectivity index (χ2n) is 3.03. The number of hydrogen-bond donors (Lipinski definition) is 1. The monoisotopic (exact) mass is 286 g/mol. The van der Waals surface area contributed by atoms with Crippen LogP contribution < -0.4 is 0 Å². The minimum atomic E-state index is -0.433. The van der Waals surface area contributed by atoms with E-state index in [1.54, 1.807) is 6.92 Å². The third-order valence-corrected chi connectivity index (χ3v) is 4.00. The van der Waals surface area contributed by atoms with E-state index < -0.39 is 6.04 Å². The van der Waals surface area contributed by atoms with Crippen molar-refractivity contribution in [3.05, 3.63) is 10.4 Å². The molecule has 0 aromatic carbocycles. The number of halogens is 1. The number of rotatable bonds is 1. The van der Waals surface area contributed by atoms with Crippen molar-refractivity contribution >= 4 is 22.6 Å². The second-order valence-corrected chi connectivity index (χ2v) is 4.31. The van der Waals surface area contributed by atoms with Gasteiger partial charge in [-0.15, -0.1) is 0 Å². The van der Waals surface area contributed by atoms with Gasteiger partial charge in [-0.3, -0.25) is 5.23 Å². The lowest BCUT2D eigenvalue weighted by Gasteiger charge is -2.48. The summed E-state index contributed by atoms with van der Waals surface area (Å²) in [7, 11) is 0. The summed E-state index contributed by atoms with van der Waals surface area (Å²) in [6.45, 7) is 2.12. The highest BCUT2D eigenvalue weighted by Crippen LogP contribution is 2.29. The normalized spacial score (nSPS) is 39.0. The van der Waals surface area contributed by atoms with E-state index in [-0.39, 0.29) is 15.2 Å². The van der Waals surface area contributed by atoms with Crippen LogP contribution in [-0.2, 0) is 0 Å². The van der Waals surface area contributed by atoms with Crippen molar-refractivity contribution in [3.63, 3.8) is 0 Å². The Hall–Kier alpha value is 0.530. The second kappa shape index (κ2) is 4.16. The molecule has 0 bridgehead atoms. The quantitative estimate of drug-likeness (QED) is 0.339. The Balaban J connectivity index is 2.58. The number of hydroxylamine groups is 4. The molecule has 0 radical (unpaired) electrons. The van der Waals surface area contributed by atoms with Crippen LogP contribution in [0.5, 0.6) is 0 Å². The molecule has 1 fully saturated rings. The van der Waals surface area contributed by atoms with E-state index in [9.17, 15) is 10.4 Å². The van der Waals surface area contributed by atoms with Crippen molar-refractivity contribution in [3.8, 4) is 0 Å². The molecule has 0 spiro atoms. The summed E-state index contributed by atoms with van der Waals surface area (Å²) in [6.07, 6.45) is 0.435. The standard InChI is InChI=1S/C6H11IN2O3/c1-4-5(9(11)12)2-3-8(10)6(4)7/h4-6,11H,2-3H2,1H3/q-2. The molecule has 1 heterocycles. The first-order valence-corrected chi connectivity index (χ1v) is 5.01. The fraction of sp³-hybridized carbons (Fsp3) is 1.00. The average Bonchev–Trinajstić information content (AvgIpc) is 2.00. The van der Waals surface area contributed by atoms with Gasteiger partial charge in [-0.25, -0.2) is 0 Å². The third kappa shape index (κ3) is 2.06. The first-order valence-electron chi connectivity index (χ1n) is 3.77. The zero-order valence-corrected chi connectivity index (χ0v) is 8.84. The summed E-state index contributed by atoms with van der Waals surface area (Å²) in [5.41, 5.74) is 0.